The van der Waals surface area contributed by atoms with Crippen LogP contribution < -0.4 is 9.62 Å². The molecule has 8 heteroatoms. The predicted molar refractivity (Wildman–Crippen MR) is 101 cm³/mol. The molecule has 0 aliphatic carbocycles. The van der Waals surface area contributed by atoms with Crippen molar-refractivity contribution in [2.75, 3.05) is 17.1 Å². The molecule has 2 rings (SSSR count). The summed E-state index contributed by atoms with van der Waals surface area (Å²) < 4.78 is 51.8. The molecule has 1 amide bonds. The summed E-state index contributed by atoms with van der Waals surface area (Å²) in [6, 6.07) is 11.1. The van der Waals surface area contributed by atoms with Gasteiger partial charge in [0.25, 0.3) is 0 Å². The van der Waals surface area contributed by atoms with Crippen LogP contribution in [0.4, 0.5) is 14.5 Å². The van der Waals surface area contributed by atoms with Crippen molar-refractivity contribution in [3.8, 4) is 0 Å². The Kier molecular flexibility index (Phi) is 6.90. The SMILES string of the molecule is CC(NC(=O)CCCN(c1ccccc1F)S(C)(=O)=O)c1ccc(F)cc1. The highest BCUT2D eigenvalue weighted by Crippen LogP contribution is 2.22. The van der Waals surface area contributed by atoms with Crippen LogP contribution in [-0.4, -0.2) is 27.1 Å². The highest BCUT2D eigenvalue weighted by molar-refractivity contribution is 7.92. The molecule has 0 aromatic heterocycles. The van der Waals surface area contributed by atoms with E-state index in [-0.39, 0.29) is 42.8 Å². The van der Waals surface area contributed by atoms with Crippen molar-refractivity contribution in [1.29, 1.82) is 0 Å². The second kappa shape index (κ2) is 8.94. The van der Waals surface area contributed by atoms with Gasteiger partial charge in [-0.1, -0.05) is 24.3 Å². The maximum Gasteiger partial charge on any atom is 0.232 e. The first-order chi connectivity index (χ1) is 12.7. The van der Waals surface area contributed by atoms with Crippen LogP contribution in [0.25, 0.3) is 0 Å². The number of halogens is 2. The Bertz CT molecular complexity index is 886. The zero-order chi connectivity index (χ0) is 20.0. The van der Waals surface area contributed by atoms with Gasteiger partial charge in [-0.3, -0.25) is 9.10 Å². The number of hydrogen-bond donors (Lipinski definition) is 1. The van der Waals surface area contributed by atoms with E-state index >= 15 is 0 Å². The molecule has 2 aromatic rings. The predicted octanol–water partition coefficient (Wildman–Crippen LogP) is 3.39. The molecule has 0 heterocycles. The van der Waals surface area contributed by atoms with Crippen LogP contribution in [-0.2, 0) is 14.8 Å². The summed E-state index contributed by atoms with van der Waals surface area (Å²) in [5, 5.41) is 2.78. The summed E-state index contributed by atoms with van der Waals surface area (Å²) in [5.41, 5.74) is 0.717. The minimum Gasteiger partial charge on any atom is -0.350 e. The highest BCUT2D eigenvalue weighted by atomic mass is 32.2. The molecule has 0 aliphatic rings. The number of para-hydroxylation sites is 1. The zero-order valence-electron chi connectivity index (χ0n) is 15.2. The lowest BCUT2D eigenvalue weighted by Crippen LogP contribution is -2.33. The van der Waals surface area contributed by atoms with Gasteiger partial charge >= 0.3 is 0 Å². The van der Waals surface area contributed by atoms with E-state index in [2.05, 4.69) is 5.32 Å². The van der Waals surface area contributed by atoms with Gasteiger partial charge in [0.1, 0.15) is 11.6 Å². The van der Waals surface area contributed by atoms with E-state index in [1.165, 1.54) is 30.3 Å². The smallest absolute Gasteiger partial charge is 0.232 e. The molecule has 0 fully saturated rings. The summed E-state index contributed by atoms with van der Waals surface area (Å²) in [7, 11) is -3.68. The van der Waals surface area contributed by atoms with Gasteiger partial charge in [0, 0.05) is 13.0 Å². The van der Waals surface area contributed by atoms with Crippen molar-refractivity contribution >= 4 is 21.6 Å². The first kappa shape index (κ1) is 20.8. The summed E-state index contributed by atoms with van der Waals surface area (Å²) in [4.78, 5) is 12.1. The minimum atomic E-state index is -3.68. The van der Waals surface area contributed by atoms with E-state index in [4.69, 9.17) is 0 Å². The van der Waals surface area contributed by atoms with Crippen LogP contribution >= 0.6 is 0 Å². The number of benzene rings is 2. The molecule has 0 radical (unpaired) electrons. The third-order valence-corrected chi connectivity index (χ3v) is 5.21. The quantitative estimate of drug-likeness (QED) is 0.744. The molecule has 2 aromatic carbocycles. The first-order valence-electron chi connectivity index (χ1n) is 8.45. The van der Waals surface area contributed by atoms with Gasteiger partial charge in [0.05, 0.1) is 18.0 Å². The largest absolute Gasteiger partial charge is 0.350 e. The average Bonchev–Trinajstić information content (AvgIpc) is 2.59. The zero-order valence-corrected chi connectivity index (χ0v) is 16.0. The van der Waals surface area contributed by atoms with Crippen LogP contribution in [0.3, 0.4) is 0 Å². The Morgan fingerprint density at radius 3 is 2.33 bits per heavy atom. The number of carbonyl (C=O) groups excluding carboxylic acids is 1. The molecule has 0 spiro atoms. The third-order valence-electron chi connectivity index (χ3n) is 4.03. The standard InChI is InChI=1S/C19H22F2N2O3S/c1-14(15-9-11-16(20)12-10-15)22-19(24)8-5-13-23(27(2,25)26)18-7-4-3-6-17(18)21/h3-4,6-7,9-12,14H,5,8,13H2,1-2H3,(H,22,24). The first-order valence-corrected chi connectivity index (χ1v) is 10.3. The fraction of sp³-hybridized carbons (Fsp3) is 0.316. The monoisotopic (exact) mass is 396 g/mol. The fourth-order valence-corrected chi connectivity index (χ4v) is 3.62. The van der Waals surface area contributed by atoms with Gasteiger partial charge in [0.2, 0.25) is 15.9 Å². The van der Waals surface area contributed by atoms with Crippen molar-refractivity contribution in [2.45, 2.75) is 25.8 Å². The van der Waals surface area contributed by atoms with Gasteiger partial charge < -0.3 is 5.32 Å². The van der Waals surface area contributed by atoms with Crippen LogP contribution in [0.1, 0.15) is 31.4 Å². The van der Waals surface area contributed by atoms with Crippen LogP contribution in [0.15, 0.2) is 48.5 Å². The molecule has 1 unspecified atom stereocenters. The Hall–Kier alpha value is -2.48. The van der Waals surface area contributed by atoms with Gasteiger partial charge in [-0.25, -0.2) is 17.2 Å². The Morgan fingerprint density at radius 1 is 1.11 bits per heavy atom. The molecule has 5 nitrogen and oxygen atoms in total. The maximum atomic E-state index is 13.9. The van der Waals surface area contributed by atoms with E-state index in [1.807, 2.05) is 0 Å². The van der Waals surface area contributed by atoms with Gasteiger partial charge in [-0.05, 0) is 43.2 Å². The lowest BCUT2D eigenvalue weighted by Gasteiger charge is -2.23. The van der Waals surface area contributed by atoms with Crippen molar-refractivity contribution < 1.29 is 22.0 Å². The third kappa shape index (κ3) is 6.02. The van der Waals surface area contributed by atoms with Gasteiger partial charge in [-0.2, -0.15) is 0 Å². The molecular formula is C19H22F2N2O3S. The molecule has 1 N–H and O–H groups in total. The molecule has 146 valence electrons. The Labute approximate surface area is 158 Å². The van der Waals surface area contributed by atoms with Gasteiger partial charge in [0.15, 0.2) is 0 Å². The molecule has 0 bridgehead atoms. The summed E-state index contributed by atoms with van der Waals surface area (Å²) >= 11 is 0. The molecule has 1 atom stereocenters. The Morgan fingerprint density at radius 2 is 1.74 bits per heavy atom. The number of sulfonamides is 1. The van der Waals surface area contributed by atoms with Crippen LogP contribution in [0.5, 0.6) is 0 Å². The van der Waals surface area contributed by atoms with Crippen molar-refractivity contribution in [3.05, 3.63) is 65.7 Å². The summed E-state index contributed by atoms with van der Waals surface area (Å²) in [6.45, 7) is 1.76. The second-order valence-electron chi connectivity index (χ2n) is 6.23. The number of nitrogens with one attached hydrogen (secondary N) is 1. The van der Waals surface area contributed by atoms with Gasteiger partial charge in [-0.15, -0.1) is 0 Å². The molecule has 0 aliphatic heterocycles. The lowest BCUT2D eigenvalue weighted by molar-refractivity contribution is -0.121. The molecule has 0 saturated carbocycles. The fourth-order valence-electron chi connectivity index (χ4n) is 2.65. The van der Waals surface area contributed by atoms with Crippen molar-refractivity contribution in [3.63, 3.8) is 0 Å². The lowest BCUT2D eigenvalue weighted by atomic mass is 10.1. The van der Waals surface area contributed by atoms with Crippen molar-refractivity contribution in [1.82, 2.24) is 5.32 Å². The number of nitrogens with zero attached hydrogens (tertiary/aromatic N) is 1. The van der Waals surface area contributed by atoms with Crippen molar-refractivity contribution in [2.24, 2.45) is 0 Å². The summed E-state index contributed by atoms with van der Waals surface area (Å²) in [5.74, 6) is -1.27. The number of hydrogen-bond acceptors (Lipinski definition) is 3. The number of rotatable bonds is 8. The minimum absolute atomic E-state index is 0.0158. The summed E-state index contributed by atoms with van der Waals surface area (Å²) in [6.07, 6.45) is 1.30. The molecule has 0 saturated heterocycles. The average molecular weight is 396 g/mol. The number of anilines is 1. The van der Waals surface area contributed by atoms with E-state index in [1.54, 1.807) is 25.1 Å². The topological polar surface area (TPSA) is 66.5 Å². The Balaban J connectivity index is 1.93. The second-order valence-corrected chi connectivity index (χ2v) is 8.14. The van der Waals surface area contributed by atoms with E-state index in [0.29, 0.717) is 0 Å². The van der Waals surface area contributed by atoms with Crippen LogP contribution in [0.2, 0.25) is 0 Å². The van der Waals surface area contributed by atoms with E-state index in [9.17, 15) is 22.0 Å². The normalized spacial score (nSPS) is 12.4. The van der Waals surface area contributed by atoms with E-state index < -0.39 is 15.8 Å². The van der Waals surface area contributed by atoms with E-state index in [0.717, 1.165) is 16.1 Å². The number of carbonyl (C=O) groups is 1. The molecular weight excluding hydrogens is 374 g/mol. The molecule has 27 heavy (non-hydrogen) atoms. The number of amides is 1. The highest BCUT2D eigenvalue weighted by Gasteiger charge is 2.20. The van der Waals surface area contributed by atoms with Crippen LogP contribution in [0, 0.1) is 11.6 Å². The maximum absolute atomic E-state index is 13.9.